The molecule has 2 atom stereocenters. The van der Waals surface area contributed by atoms with Gasteiger partial charge in [-0.3, -0.25) is 0 Å². The molecule has 1 aromatic rings. The van der Waals surface area contributed by atoms with E-state index < -0.39 is 10.0 Å². The lowest BCUT2D eigenvalue weighted by Gasteiger charge is -2.18. The molecule has 5 heteroatoms. The van der Waals surface area contributed by atoms with Gasteiger partial charge < -0.3 is 0 Å². The van der Waals surface area contributed by atoms with Crippen LogP contribution >= 0.6 is 11.6 Å². The summed E-state index contributed by atoms with van der Waals surface area (Å²) in [5.41, 5.74) is 1.86. The van der Waals surface area contributed by atoms with Gasteiger partial charge in [-0.15, -0.1) is 11.6 Å². The average Bonchev–Trinajstić information content (AvgIpc) is 2.83. The number of hydrogen-bond donors (Lipinski definition) is 1. The molecule has 2 rings (SSSR count). The highest BCUT2D eigenvalue weighted by molar-refractivity contribution is 7.89. The van der Waals surface area contributed by atoms with Crippen LogP contribution in [0.25, 0.3) is 0 Å². The summed E-state index contributed by atoms with van der Waals surface area (Å²) in [5, 5.41) is 0. The zero-order valence-corrected chi connectivity index (χ0v) is 13.6. The maximum absolute atomic E-state index is 12.4. The third-order valence-electron chi connectivity index (χ3n) is 4.17. The van der Waals surface area contributed by atoms with Crippen molar-refractivity contribution in [2.75, 3.05) is 12.4 Å². The van der Waals surface area contributed by atoms with Crippen LogP contribution in [0.3, 0.4) is 0 Å². The average molecular weight is 316 g/mol. The van der Waals surface area contributed by atoms with Gasteiger partial charge in [-0.25, -0.2) is 13.1 Å². The predicted molar refractivity (Wildman–Crippen MR) is 82.7 cm³/mol. The number of alkyl halides is 1. The normalized spacial score (nSPS) is 23.1. The topological polar surface area (TPSA) is 46.2 Å². The van der Waals surface area contributed by atoms with Crippen LogP contribution in [-0.4, -0.2) is 20.8 Å². The van der Waals surface area contributed by atoms with Crippen molar-refractivity contribution in [1.82, 2.24) is 4.72 Å². The fourth-order valence-corrected chi connectivity index (χ4v) is 4.71. The van der Waals surface area contributed by atoms with Crippen LogP contribution in [0.2, 0.25) is 0 Å². The number of nitrogens with one attached hydrogen (secondary N) is 1. The van der Waals surface area contributed by atoms with Gasteiger partial charge in [0.05, 0.1) is 4.90 Å². The van der Waals surface area contributed by atoms with Gasteiger partial charge in [0.15, 0.2) is 0 Å². The summed E-state index contributed by atoms with van der Waals surface area (Å²) < 4.78 is 27.5. The van der Waals surface area contributed by atoms with Crippen molar-refractivity contribution in [3.05, 3.63) is 29.3 Å². The molecule has 2 unspecified atom stereocenters. The number of halogens is 1. The Morgan fingerprint density at radius 3 is 2.60 bits per heavy atom. The summed E-state index contributed by atoms with van der Waals surface area (Å²) in [7, 11) is -3.42. The Bertz CT molecular complexity index is 571. The first-order valence-corrected chi connectivity index (χ1v) is 9.08. The maximum Gasteiger partial charge on any atom is 0.240 e. The highest BCUT2D eigenvalue weighted by Gasteiger charge is 2.28. The molecule has 1 fully saturated rings. The number of sulfonamides is 1. The fourth-order valence-electron chi connectivity index (χ4n) is 2.98. The molecule has 1 N–H and O–H groups in total. The Labute approximate surface area is 126 Å². The van der Waals surface area contributed by atoms with Crippen molar-refractivity contribution in [3.8, 4) is 0 Å². The lowest BCUT2D eigenvalue weighted by atomic mass is 9.98. The first-order chi connectivity index (χ1) is 9.44. The number of benzene rings is 1. The molecule has 1 aromatic carbocycles. The van der Waals surface area contributed by atoms with Crippen molar-refractivity contribution >= 4 is 21.6 Å². The van der Waals surface area contributed by atoms with E-state index in [2.05, 4.69) is 4.72 Å². The van der Waals surface area contributed by atoms with E-state index in [0.29, 0.717) is 29.2 Å². The molecular weight excluding hydrogens is 294 g/mol. The first kappa shape index (κ1) is 15.8. The number of rotatable bonds is 5. The minimum absolute atomic E-state index is 0.369. The molecule has 0 amide bonds. The third kappa shape index (κ3) is 3.54. The lowest BCUT2D eigenvalue weighted by Crippen LogP contribution is -2.31. The molecule has 0 radical (unpaired) electrons. The van der Waals surface area contributed by atoms with Crippen LogP contribution in [0.5, 0.6) is 0 Å². The molecule has 0 aromatic heterocycles. The van der Waals surface area contributed by atoms with Gasteiger partial charge in [-0.1, -0.05) is 24.1 Å². The molecule has 0 spiro atoms. The minimum Gasteiger partial charge on any atom is -0.211 e. The summed E-state index contributed by atoms with van der Waals surface area (Å²) in [6, 6.07) is 5.41. The second kappa shape index (κ2) is 6.46. The van der Waals surface area contributed by atoms with E-state index in [4.69, 9.17) is 11.6 Å². The zero-order valence-electron chi connectivity index (χ0n) is 12.0. The summed E-state index contributed by atoms with van der Waals surface area (Å²) in [6.07, 6.45) is 3.32. The highest BCUT2D eigenvalue weighted by Crippen LogP contribution is 2.32. The summed E-state index contributed by atoms with van der Waals surface area (Å²) in [5.74, 6) is 1.43. The van der Waals surface area contributed by atoms with Gasteiger partial charge in [0.2, 0.25) is 10.0 Å². The van der Waals surface area contributed by atoms with Crippen LogP contribution < -0.4 is 4.72 Å². The van der Waals surface area contributed by atoms with Crippen LogP contribution in [0.1, 0.15) is 30.4 Å². The molecule has 0 bridgehead atoms. The Morgan fingerprint density at radius 2 is 1.95 bits per heavy atom. The molecule has 0 heterocycles. The van der Waals surface area contributed by atoms with Gasteiger partial charge in [-0.2, -0.15) is 0 Å². The van der Waals surface area contributed by atoms with Crippen molar-refractivity contribution in [2.45, 2.75) is 38.0 Å². The van der Waals surface area contributed by atoms with E-state index in [1.54, 1.807) is 6.07 Å². The van der Waals surface area contributed by atoms with Gasteiger partial charge in [0.1, 0.15) is 0 Å². The molecule has 112 valence electrons. The second-order valence-corrected chi connectivity index (χ2v) is 7.77. The molecule has 0 saturated heterocycles. The van der Waals surface area contributed by atoms with Gasteiger partial charge >= 0.3 is 0 Å². The zero-order chi connectivity index (χ0) is 14.8. The molecule has 0 aliphatic heterocycles. The van der Waals surface area contributed by atoms with Gasteiger partial charge in [0.25, 0.3) is 0 Å². The first-order valence-electron chi connectivity index (χ1n) is 7.07. The van der Waals surface area contributed by atoms with Crippen LogP contribution in [0.15, 0.2) is 23.1 Å². The van der Waals surface area contributed by atoms with Crippen molar-refractivity contribution < 1.29 is 8.42 Å². The van der Waals surface area contributed by atoms with Gasteiger partial charge in [-0.05, 0) is 50.2 Å². The van der Waals surface area contributed by atoms with E-state index in [1.807, 2.05) is 26.0 Å². The third-order valence-corrected chi connectivity index (χ3v) is 6.15. The highest BCUT2D eigenvalue weighted by atomic mass is 35.5. The lowest BCUT2D eigenvalue weighted by molar-refractivity contribution is 0.418. The van der Waals surface area contributed by atoms with Crippen LogP contribution in [0, 0.1) is 25.7 Å². The standard InChI is InChI=1S/C15H22ClNO2S/c1-11-6-7-15(12(2)8-11)20(18,19)17-10-14-5-3-4-13(14)9-16/h6-8,13-14,17H,3-5,9-10H2,1-2H3. The van der Waals surface area contributed by atoms with E-state index in [-0.39, 0.29) is 0 Å². The molecular formula is C15H22ClNO2S. The fraction of sp³-hybridized carbons (Fsp3) is 0.600. The predicted octanol–water partition coefficient (Wildman–Crippen LogP) is 3.24. The Balaban J connectivity index is 2.07. The molecule has 1 aliphatic rings. The van der Waals surface area contributed by atoms with Crippen LogP contribution in [-0.2, 0) is 10.0 Å². The molecule has 1 aliphatic carbocycles. The summed E-state index contributed by atoms with van der Waals surface area (Å²) in [4.78, 5) is 0.378. The summed E-state index contributed by atoms with van der Waals surface area (Å²) >= 11 is 5.93. The molecule has 1 saturated carbocycles. The number of aryl methyl sites for hydroxylation is 2. The van der Waals surface area contributed by atoms with Crippen LogP contribution in [0.4, 0.5) is 0 Å². The minimum atomic E-state index is -3.42. The second-order valence-electron chi connectivity index (χ2n) is 5.73. The van der Waals surface area contributed by atoms with E-state index in [9.17, 15) is 8.42 Å². The smallest absolute Gasteiger partial charge is 0.211 e. The van der Waals surface area contributed by atoms with E-state index in [1.165, 1.54) is 0 Å². The van der Waals surface area contributed by atoms with E-state index >= 15 is 0 Å². The SMILES string of the molecule is Cc1ccc(S(=O)(=O)NCC2CCCC2CCl)c(C)c1. The van der Waals surface area contributed by atoms with E-state index in [0.717, 1.165) is 30.4 Å². The molecule has 20 heavy (non-hydrogen) atoms. The Hall–Kier alpha value is -0.580. The van der Waals surface area contributed by atoms with Crippen molar-refractivity contribution in [1.29, 1.82) is 0 Å². The number of hydrogen-bond acceptors (Lipinski definition) is 2. The Morgan fingerprint density at radius 1 is 1.25 bits per heavy atom. The quantitative estimate of drug-likeness (QED) is 0.848. The molecule has 3 nitrogen and oxygen atoms in total. The summed E-state index contributed by atoms with van der Waals surface area (Å²) in [6.45, 7) is 4.28. The monoisotopic (exact) mass is 315 g/mol. The largest absolute Gasteiger partial charge is 0.240 e. The van der Waals surface area contributed by atoms with Crippen molar-refractivity contribution in [2.24, 2.45) is 11.8 Å². The van der Waals surface area contributed by atoms with Gasteiger partial charge in [0, 0.05) is 12.4 Å². The Kier molecular flexibility index (Phi) is 5.10. The van der Waals surface area contributed by atoms with Crippen molar-refractivity contribution in [3.63, 3.8) is 0 Å². The maximum atomic E-state index is 12.4.